The van der Waals surface area contributed by atoms with Crippen molar-refractivity contribution in [2.24, 2.45) is 5.92 Å². The number of benzene rings is 1. The van der Waals surface area contributed by atoms with Gasteiger partial charge >= 0.3 is 11.9 Å². The molecular formula is C15H17NO5. The zero-order valence-corrected chi connectivity index (χ0v) is 11.7. The molecule has 0 bridgehead atoms. The molecule has 1 saturated heterocycles. The van der Waals surface area contributed by atoms with Gasteiger partial charge in [-0.1, -0.05) is 0 Å². The Balaban J connectivity index is 2.08. The van der Waals surface area contributed by atoms with Crippen LogP contribution in [0.1, 0.15) is 33.6 Å². The van der Waals surface area contributed by atoms with Gasteiger partial charge in [-0.2, -0.15) is 0 Å². The van der Waals surface area contributed by atoms with E-state index in [1.54, 1.807) is 4.90 Å². The lowest BCUT2D eigenvalue weighted by atomic mass is 9.97. The first-order valence-corrected chi connectivity index (χ1v) is 6.73. The number of likely N-dealkylation sites (tertiary alicyclic amines) is 1. The van der Waals surface area contributed by atoms with E-state index in [1.165, 1.54) is 31.4 Å². The molecule has 1 amide bonds. The van der Waals surface area contributed by atoms with E-state index in [4.69, 9.17) is 9.84 Å². The van der Waals surface area contributed by atoms with Gasteiger partial charge in [0.05, 0.1) is 18.6 Å². The van der Waals surface area contributed by atoms with E-state index in [2.05, 4.69) is 0 Å². The molecule has 0 radical (unpaired) electrons. The van der Waals surface area contributed by atoms with Gasteiger partial charge in [-0.15, -0.1) is 0 Å². The maximum atomic E-state index is 12.4. The Hall–Kier alpha value is -2.37. The molecule has 21 heavy (non-hydrogen) atoms. The Morgan fingerprint density at radius 2 is 1.81 bits per heavy atom. The number of carboxylic acids is 1. The molecule has 0 aromatic heterocycles. The van der Waals surface area contributed by atoms with E-state index in [-0.39, 0.29) is 23.4 Å². The monoisotopic (exact) mass is 291 g/mol. The van der Waals surface area contributed by atoms with Crippen molar-refractivity contribution in [1.82, 2.24) is 4.90 Å². The third kappa shape index (κ3) is 3.39. The van der Waals surface area contributed by atoms with Crippen LogP contribution >= 0.6 is 0 Å². The first-order chi connectivity index (χ1) is 10.0. The average molecular weight is 291 g/mol. The fourth-order valence-corrected chi connectivity index (χ4v) is 2.46. The van der Waals surface area contributed by atoms with E-state index < -0.39 is 5.97 Å². The van der Waals surface area contributed by atoms with Crippen LogP contribution in [0.15, 0.2) is 24.3 Å². The fourth-order valence-electron chi connectivity index (χ4n) is 2.46. The molecule has 0 saturated carbocycles. The Morgan fingerprint density at radius 3 is 2.38 bits per heavy atom. The number of rotatable bonds is 3. The maximum absolute atomic E-state index is 12.4. The van der Waals surface area contributed by atoms with E-state index >= 15 is 0 Å². The molecule has 0 spiro atoms. The second-order valence-corrected chi connectivity index (χ2v) is 5.00. The number of carboxylic acid groups (broad SMARTS) is 1. The predicted octanol–water partition coefficient (Wildman–Crippen LogP) is 1.41. The van der Waals surface area contributed by atoms with Crippen LogP contribution in [0.4, 0.5) is 0 Å². The molecule has 1 aliphatic heterocycles. The number of carbonyl (C=O) groups excluding carboxylic acids is 2. The first-order valence-electron chi connectivity index (χ1n) is 6.73. The van der Waals surface area contributed by atoms with E-state index in [9.17, 15) is 14.4 Å². The van der Waals surface area contributed by atoms with Crippen molar-refractivity contribution in [2.75, 3.05) is 20.2 Å². The van der Waals surface area contributed by atoms with Gasteiger partial charge in [-0.25, -0.2) is 4.79 Å². The van der Waals surface area contributed by atoms with Crippen molar-refractivity contribution < 1.29 is 24.2 Å². The maximum Gasteiger partial charge on any atom is 0.335 e. The third-order valence-electron chi connectivity index (χ3n) is 3.62. The number of amides is 1. The summed E-state index contributed by atoms with van der Waals surface area (Å²) in [6.45, 7) is 0.930. The zero-order chi connectivity index (χ0) is 15.4. The number of aromatic carboxylic acids is 1. The molecule has 0 aliphatic carbocycles. The summed E-state index contributed by atoms with van der Waals surface area (Å²) in [6, 6.07) is 5.79. The highest BCUT2D eigenvalue weighted by molar-refractivity contribution is 5.96. The summed E-state index contributed by atoms with van der Waals surface area (Å²) in [7, 11) is 1.34. The summed E-state index contributed by atoms with van der Waals surface area (Å²) in [5, 5.41) is 8.84. The van der Waals surface area contributed by atoms with Gasteiger partial charge in [0.25, 0.3) is 5.91 Å². The van der Waals surface area contributed by atoms with Crippen molar-refractivity contribution >= 4 is 17.8 Å². The van der Waals surface area contributed by atoms with Crippen LogP contribution in [0.5, 0.6) is 0 Å². The number of ether oxygens (including phenoxy) is 1. The summed E-state index contributed by atoms with van der Waals surface area (Å²) >= 11 is 0. The van der Waals surface area contributed by atoms with Gasteiger partial charge in [0.2, 0.25) is 0 Å². The van der Waals surface area contributed by atoms with Gasteiger partial charge < -0.3 is 14.7 Å². The Bertz CT molecular complexity index is 552. The number of hydrogen-bond donors (Lipinski definition) is 1. The number of methoxy groups -OCH3 is 1. The zero-order valence-electron chi connectivity index (χ0n) is 11.7. The van der Waals surface area contributed by atoms with Crippen LogP contribution in [0.3, 0.4) is 0 Å². The van der Waals surface area contributed by atoms with Crippen molar-refractivity contribution in [3.8, 4) is 0 Å². The number of hydrogen-bond acceptors (Lipinski definition) is 4. The van der Waals surface area contributed by atoms with Crippen molar-refractivity contribution in [3.05, 3.63) is 35.4 Å². The Labute approximate surface area is 122 Å². The standard InChI is InChI=1S/C15H17NO5/c1-21-15(20)12-3-2-8-16(9-12)13(17)10-4-6-11(7-5-10)14(18)19/h4-7,12H,2-3,8-9H2,1H3,(H,18,19). The van der Waals surface area contributed by atoms with Gasteiger partial charge in [0.1, 0.15) is 0 Å². The van der Waals surface area contributed by atoms with Gasteiger partial charge in [0, 0.05) is 18.7 Å². The molecule has 112 valence electrons. The molecule has 1 N–H and O–H groups in total. The first kappa shape index (κ1) is 15.0. The molecule has 6 heteroatoms. The van der Waals surface area contributed by atoms with Crippen molar-refractivity contribution in [3.63, 3.8) is 0 Å². The summed E-state index contributed by atoms with van der Waals surface area (Å²) in [5.41, 5.74) is 0.558. The van der Waals surface area contributed by atoms with Crippen LogP contribution in [0.2, 0.25) is 0 Å². The molecule has 1 atom stereocenters. The third-order valence-corrected chi connectivity index (χ3v) is 3.62. The average Bonchev–Trinajstić information content (AvgIpc) is 2.53. The lowest BCUT2D eigenvalue weighted by Gasteiger charge is -2.31. The quantitative estimate of drug-likeness (QED) is 0.851. The highest BCUT2D eigenvalue weighted by Gasteiger charge is 2.29. The SMILES string of the molecule is COC(=O)C1CCCN(C(=O)c2ccc(C(=O)O)cc2)C1. The molecule has 1 heterocycles. The second-order valence-electron chi connectivity index (χ2n) is 5.00. The van der Waals surface area contributed by atoms with Crippen molar-refractivity contribution in [1.29, 1.82) is 0 Å². The minimum absolute atomic E-state index is 0.137. The smallest absolute Gasteiger partial charge is 0.335 e. The number of piperidine rings is 1. The van der Waals surface area contributed by atoms with Crippen LogP contribution < -0.4 is 0 Å². The minimum atomic E-state index is -1.03. The van der Waals surface area contributed by atoms with Crippen LogP contribution in [0, 0.1) is 5.92 Å². The molecule has 1 unspecified atom stereocenters. The highest BCUT2D eigenvalue weighted by Crippen LogP contribution is 2.20. The van der Waals surface area contributed by atoms with Gasteiger partial charge in [-0.3, -0.25) is 9.59 Å². The molecular weight excluding hydrogens is 274 g/mol. The number of esters is 1. The van der Waals surface area contributed by atoms with E-state index in [0.717, 1.165) is 6.42 Å². The molecule has 1 aromatic carbocycles. The summed E-state index contributed by atoms with van der Waals surface area (Å²) in [5.74, 6) is -1.81. The van der Waals surface area contributed by atoms with Gasteiger partial charge in [0.15, 0.2) is 0 Å². The molecule has 6 nitrogen and oxygen atoms in total. The number of carbonyl (C=O) groups is 3. The minimum Gasteiger partial charge on any atom is -0.478 e. The molecule has 2 rings (SSSR count). The van der Waals surface area contributed by atoms with Gasteiger partial charge in [-0.05, 0) is 37.1 Å². The van der Waals surface area contributed by atoms with Crippen LogP contribution in [-0.4, -0.2) is 48.1 Å². The topological polar surface area (TPSA) is 83.9 Å². The highest BCUT2D eigenvalue weighted by atomic mass is 16.5. The van der Waals surface area contributed by atoms with E-state index in [0.29, 0.717) is 25.1 Å². The summed E-state index contributed by atoms with van der Waals surface area (Å²) < 4.78 is 4.72. The lowest BCUT2D eigenvalue weighted by molar-refractivity contribution is -0.146. The Morgan fingerprint density at radius 1 is 1.19 bits per heavy atom. The molecule has 1 aromatic rings. The van der Waals surface area contributed by atoms with Crippen molar-refractivity contribution in [2.45, 2.75) is 12.8 Å². The second kappa shape index (κ2) is 6.39. The van der Waals surface area contributed by atoms with Crippen LogP contribution in [0.25, 0.3) is 0 Å². The predicted molar refractivity (Wildman–Crippen MR) is 74.0 cm³/mol. The number of nitrogens with zero attached hydrogens (tertiary/aromatic N) is 1. The summed E-state index contributed by atoms with van der Waals surface area (Å²) in [6.07, 6.45) is 1.47. The summed E-state index contributed by atoms with van der Waals surface area (Å²) in [4.78, 5) is 36.3. The molecule has 1 fully saturated rings. The van der Waals surface area contributed by atoms with E-state index in [1.807, 2.05) is 0 Å². The largest absolute Gasteiger partial charge is 0.478 e. The van der Waals surface area contributed by atoms with Crippen LogP contribution in [-0.2, 0) is 9.53 Å². The Kier molecular flexibility index (Phi) is 4.57. The molecule has 1 aliphatic rings. The lowest BCUT2D eigenvalue weighted by Crippen LogP contribution is -2.42. The fraction of sp³-hybridized carbons (Fsp3) is 0.400. The normalized spacial score (nSPS) is 18.1.